The lowest BCUT2D eigenvalue weighted by Crippen LogP contribution is -2.38. The average Bonchev–Trinajstić information content (AvgIpc) is 2.74. The van der Waals surface area contributed by atoms with Gasteiger partial charge in [-0.1, -0.05) is 12.1 Å². The van der Waals surface area contributed by atoms with E-state index in [2.05, 4.69) is 16.8 Å². The van der Waals surface area contributed by atoms with Gasteiger partial charge in [0.15, 0.2) is 11.5 Å². The van der Waals surface area contributed by atoms with Crippen molar-refractivity contribution in [1.29, 1.82) is 0 Å². The second kappa shape index (κ2) is 10.6. The Labute approximate surface area is 179 Å². The molecule has 1 N–H and O–H groups in total. The van der Waals surface area contributed by atoms with Crippen molar-refractivity contribution in [3.05, 3.63) is 53.3 Å². The van der Waals surface area contributed by atoms with Crippen LogP contribution in [0.3, 0.4) is 0 Å². The van der Waals surface area contributed by atoms with E-state index in [9.17, 15) is 9.50 Å². The number of phenols is 1. The Morgan fingerprint density at radius 1 is 1.07 bits per heavy atom. The van der Waals surface area contributed by atoms with Gasteiger partial charge in [0.2, 0.25) is 5.75 Å². The van der Waals surface area contributed by atoms with Crippen molar-refractivity contribution in [3.63, 3.8) is 0 Å². The lowest BCUT2D eigenvalue weighted by molar-refractivity contribution is 0.153. The monoisotopic (exact) mass is 416 g/mol. The zero-order valence-corrected chi connectivity index (χ0v) is 18.2. The Bertz CT molecular complexity index is 797. The molecule has 0 saturated carbocycles. The first kappa shape index (κ1) is 22.4. The summed E-state index contributed by atoms with van der Waals surface area (Å²) in [5, 5.41) is 10.1. The van der Waals surface area contributed by atoms with Crippen LogP contribution in [0, 0.1) is 11.7 Å². The van der Waals surface area contributed by atoms with Gasteiger partial charge in [0.05, 0.1) is 14.2 Å². The summed E-state index contributed by atoms with van der Waals surface area (Å²) in [5.74, 6) is 1.42. The molecule has 0 atom stereocenters. The number of methoxy groups -OCH3 is 2. The van der Waals surface area contributed by atoms with Gasteiger partial charge >= 0.3 is 0 Å². The van der Waals surface area contributed by atoms with Crippen LogP contribution in [0.1, 0.15) is 24.0 Å². The number of benzene rings is 2. The minimum Gasteiger partial charge on any atom is -0.502 e. The van der Waals surface area contributed by atoms with Crippen LogP contribution >= 0.6 is 0 Å². The van der Waals surface area contributed by atoms with Crippen molar-refractivity contribution < 1.29 is 19.0 Å². The number of rotatable bonds is 9. The van der Waals surface area contributed by atoms with Gasteiger partial charge in [0.25, 0.3) is 0 Å². The Hall–Kier alpha value is -2.31. The Morgan fingerprint density at radius 3 is 2.33 bits per heavy atom. The highest BCUT2D eigenvalue weighted by Crippen LogP contribution is 2.37. The summed E-state index contributed by atoms with van der Waals surface area (Å²) in [6.45, 7) is 4.97. The van der Waals surface area contributed by atoms with Gasteiger partial charge in [-0.2, -0.15) is 0 Å². The van der Waals surface area contributed by atoms with Gasteiger partial charge in [-0.3, -0.25) is 0 Å². The van der Waals surface area contributed by atoms with Crippen molar-refractivity contribution in [3.8, 4) is 17.2 Å². The number of piperidine rings is 1. The number of aromatic hydroxyl groups is 1. The first-order valence-corrected chi connectivity index (χ1v) is 10.6. The highest BCUT2D eigenvalue weighted by Gasteiger charge is 2.21. The van der Waals surface area contributed by atoms with Crippen LogP contribution in [0.4, 0.5) is 4.39 Å². The smallest absolute Gasteiger partial charge is 0.200 e. The summed E-state index contributed by atoms with van der Waals surface area (Å²) in [6, 6.07) is 10.6. The van der Waals surface area contributed by atoms with Gasteiger partial charge in [-0.15, -0.1) is 0 Å². The fraction of sp³-hybridized carbons (Fsp3) is 0.500. The van der Waals surface area contributed by atoms with E-state index in [-0.39, 0.29) is 11.6 Å². The summed E-state index contributed by atoms with van der Waals surface area (Å²) < 4.78 is 23.8. The van der Waals surface area contributed by atoms with Crippen molar-refractivity contribution >= 4 is 0 Å². The molecule has 0 aromatic heterocycles. The Morgan fingerprint density at radius 2 is 1.73 bits per heavy atom. The fourth-order valence-electron chi connectivity index (χ4n) is 4.23. The maximum atomic E-state index is 13.3. The predicted molar refractivity (Wildman–Crippen MR) is 117 cm³/mol. The molecule has 1 aliphatic rings. The molecule has 3 rings (SSSR count). The molecular weight excluding hydrogens is 383 g/mol. The lowest BCUT2D eigenvalue weighted by atomic mass is 9.95. The number of likely N-dealkylation sites (tertiary alicyclic amines) is 1. The fourth-order valence-corrected chi connectivity index (χ4v) is 4.23. The molecule has 164 valence electrons. The molecule has 6 heteroatoms. The minimum atomic E-state index is -0.155. The minimum absolute atomic E-state index is 0.0389. The van der Waals surface area contributed by atoms with Crippen LogP contribution < -0.4 is 9.47 Å². The van der Waals surface area contributed by atoms with Gasteiger partial charge < -0.3 is 24.4 Å². The number of halogens is 1. The molecule has 5 nitrogen and oxygen atoms in total. The first-order valence-electron chi connectivity index (χ1n) is 10.6. The summed E-state index contributed by atoms with van der Waals surface area (Å²) >= 11 is 0. The molecule has 0 aliphatic carbocycles. The van der Waals surface area contributed by atoms with Crippen LogP contribution in [0.2, 0.25) is 0 Å². The number of nitrogens with zero attached hydrogens (tertiary/aromatic N) is 2. The molecular formula is C24H33FN2O3. The molecule has 0 radical (unpaired) electrons. The van der Waals surface area contributed by atoms with Crippen molar-refractivity contribution in [2.45, 2.75) is 25.8 Å². The van der Waals surface area contributed by atoms with Gasteiger partial charge in [-0.25, -0.2) is 4.39 Å². The Kier molecular flexibility index (Phi) is 7.94. The van der Waals surface area contributed by atoms with E-state index < -0.39 is 0 Å². The van der Waals surface area contributed by atoms with E-state index in [1.165, 1.54) is 18.9 Å². The number of phenolic OH excluding ortho intramolecular Hbond substituents is 1. The molecule has 0 unspecified atom stereocenters. The van der Waals surface area contributed by atoms with Gasteiger partial charge in [-0.05, 0) is 80.7 Å². The molecule has 30 heavy (non-hydrogen) atoms. The molecule has 2 aromatic rings. The number of hydrogen-bond acceptors (Lipinski definition) is 5. The van der Waals surface area contributed by atoms with Crippen LogP contribution in [-0.4, -0.2) is 62.4 Å². The molecule has 1 saturated heterocycles. The highest BCUT2D eigenvalue weighted by atomic mass is 19.1. The predicted octanol–water partition coefficient (Wildman–Crippen LogP) is 3.94. The summed E-state index contributed by atoms with van der Waals surface area (Å²) in [4.78, 5) is 4.80. The van der Waals surface area contributed by atoms with E-state index in [0.717, 1.165) is 50.3 Å². The largest absolute Gasteiger partial charge is 0.502 e. The van der Waals surface area contributed by atoms with Crippen molar-refractivity contribution in [2.75, 3.05) is 47.4 Å². The van der Waals surface area contributed by atoms with Crippen LogP contribution in [-0.2, 0) is 13.0 Å². The second-order valence-corrected chi connectivity index (χ2v) is 8.21. The van der Waals surface area contributed by atoms with E-state index in [0.29, 0.717) is 17.4 Å². The number of hydrogen-bond donors (Lipinski definition) is 1. The molecule has 0 amide bonds. The van der Waals surface area contributed by atoms with Gasteiger partial charge in [0, 0.05) is 19.6 Å². The van der Waals surface area contributed by atoms with E-state index in [4.69, 9.17) is 9.47 Å². The second-order valence-electron chi connectivity index (χ2n) is 8.21. The van der Waals surface area contributed by atoms with E-state index >= 15 is 0 Å². The zero-order chi connectivity index (χ0) is 21.5. The lowest BCUT2D eigenvalue weighted by Gasteiger charge is -2.34. The van der Waals surface area contributed by atoms with Gasteiger partial charge in [0.1, 0.15) is 5.82 Å². The van der Waals surface area contributed by atoms with E-state index in [1.807, 2.05) is 18.2 Å². The highest BCUT2D eigenvalue weighted by molar-refractivity contribution is 5.52. The Balaban J connectivity index is 1.44. The topological polar surface area (TPSA) is 45.2 Å². The van der Waals surface area contributed by atoms with Crippen LogP contribution in [0.15, 0.2) is 36.4 Å². The van der Waals surface area contributed by atoms with Crippen molar-refractivity contribution in [2.24, 2.45) is 5.92 Å². The summed E-state index contributed by atoms with van der Waals surface area (Å²) in [6.07, 6.45) is 3.25. The quantitative estimate of drug-likeness (QED) is 0.671. The van der Waals surface area contributed by atoms with Crippen LogP contribution in [0.5, 0.6) is 17.2 Å². The maximum absolute atomic E-state index is 13.3. The maximum Gasteiger partial charge on any atom is 0.200 e. The third-order valence-electron chi connectivity index (χ3n) is 5.87. The molecule has 1 aliphatic heterocycles. The summed E-state index contributed by atoms with van der Waals surface area (Å²) in [7, 11) is 5.22. The third kappa shape index (κ3) is 6.09. The third-order valence-corrected chi connectivity index (χ3v) is 5.87. The zero-order valence-electron chi connectivity index (χ0n) is 18.2. The average molecular weight is 417 g/mol. The molecule has 1 fully saturated rings. The molecule has 0 bridgehead atoms. The number of ether oxygens (including phenoxy) is 2. The molecule has 2 aromatic carbocycles. The summed E-state index contributed by atoms with van der Waals surface area (Å²) in [5.41, 5.74) is 2.12. The van der Waals surface area contributed by atoms with Crippen LogP contribution in [0.25, 0.3) is 0 Å². The standard InChI is InChI=1S/C24H33FN2O3/c1-26(17-20-14-22(29-2)24(28)23(15-20)30-3)16-19-8-11-27(12-9-19)10-7-18-5-4-6-21(25)13-18/h4-6,13-15,19,28H,7-12,16-17H2,1-3H3. The SMILES string of the molecule is COc1cc(CN(C)CC2CCN(CCc3cccc(F)c3)CC2)cc(OC)c1O. The normalized spacial score (nSPS) is 15.5. The molecule has 0 spiro atoms. The molecule has 1 heterocycles. The van der Waals surface area contributed by atoms with Crippen molar-refractivity contribution in [1.82, 2.24) is 9.80 Å². The van der Waals surface area contributed by atoms with E-state index in [1.54, 1.807) is 26.4 Å². The first-order chi connectivity index (χ1) is 14.5.